The SMILES string of the molecule is COCc1cc(-c2nc(-c3ccnc(N(C)C)c3)no2)ccc1-c1ccccc1C. The Morgan fingerprint density at radius 1 is 0.967 bits per heavy atom. The molecule has 0 unspecified atom stereocenters. The Bertz CT molecular complexity index is 1170. The number of hydrogen-bond acceptors (Lipinski definition) is 6. The molecule has 6 heteroatoms. The van der Waals surface area contributed by atoms with E-state index >= 15 is 0 Å². The number of benzene rings is 2. The third-order valence-electron chi connectivity index (χ3n) is 4.98. The van der Waals surface area contributed by atoms with Crippen molar-refractivity contribution < 1.29 is 9.26 Å². The largest absolute Gasteiger partial charge is 0.380 e. The van der Waals surface area contributed by atoms with Crippen molar-refractivity contribution in [3.63, 3.8) is 0 Å². The Labute approximate surface area is 176 Å². The number of ether oxygens (including phenoxy) is 1. The average Bonchev–Trinajstić information content (AvgIpc) is 3.25. The molecular weight excluding hydrogens is 376 g/mol. The molecule has 0 atom stereocenters. The standard InChI is InChI=1S/C24H24N4O2/c1-16-7-5-6-8-20(16)21-10-9-18(13-19(21)15-29-4)24-26-23(27-30-24)17-11-12-25-22(14-17)28(2)3/h5-14H,15H2,1-4H3. The first-order chi connectivity index (χ1) is 14.6. The molecule has 0 amide bonds. The summed E-state index contributed by atoms with van der Waals surface area (Å²) in [5, 5.41) is 4.17. The lowest BCUT2D eigenvalue weighted by Crippen LogP contribution is -2.10. The highest BCUT2D eigenvalue weighted by Gasteiger charge is 2.15. The second-order valence-corrected chi connectivity index (χ2v) is 7.34. The number of rotatable bonds is 6. The van der Waals surface area contributed by atoms with Gasteiger partial charge in [0.15, 0.2) is 0 Å². The molecule has 0 radical (unpaired) electrons. The van der Waals surface area contributed by atoms with Gasteiger partial charge in [-0.25, -0.2) is 4.98 Å². The molecule has 0 fully saturated rings. The summed E-state index contributed by atoms with van der Waals surface area (Å²) in [5.41, 5.74) is 6.34. The first kappa shape index (κ1) is 19.8. The van der Waals surface area contributed by atoms with Crippen LogP contribution in [0.2, 0.25) is 0 Å². The Kier molecular flexibility index (Phi) is 5.59. The lowest BCUT2D eigenvalue weighted by atomic mass is 9.94. The Morgan fingerprint density at radius 2 is 1.80 bits per heavy atom. The van der Waals surface area contributed by atoms with Crippen LogP contribution in [-0.2, 0) is 11.3 Å². The van der Waals surface area contributed by atoms with Crippen LogP contribution in [-0.4, -0.2) is 36.3 Å². The highest BCUT2D eigenvalue weighted by molar-refractivity contribution is 5.74. The van der Waals surface area contributed by atoms with Gasteiger partial charge in [0.1, 0.15) is 5.82 Å². The number of pyridine rings is 1. The maximum Gasteiger partial charge on any atom is 0.258 e. The lowest BCUT2D eigenvalue weighted by molar-refractivity contribution is 0.185. The summed E-state index contributed by atoms with van der Waals surface area (Å²) in [4.78, 5) is 10.9. The summed E-state index contributed by atoms with van der Waals surface area (Å²) in [6.45, 7) is 2.61. The number of aromatic nitrogens is 3. The van der Waals surface area contributed by atoms with E-state index < -0.39 is 0 Å². The molecule has 2 heterocycles. The van der Waals surface area contributed by atoms with E-state index in [1.165, 1.54) is 11.1 Å². The van der Waals surface area contributed by atoms with Crippen molar-refractivity contribution in [3.8, 4) is 34.0 Å². The van der Waals surface area contributed by atoms with Crippen LogP contribution < -0.4 is 4.90 Å². The van der Waals surface area contributed by atoms with E-state index in [0.717, 1.165) is 28.1 Å². The van der Waals surface area contributed by atoms with Gasteiger partial charge in [-0.1, -0.05) is 35.5 Å². The summed E-state index contributed by atoms with van der Waals surface area (Å²) in [6.07, 6.45) is 1.74. The van der Waals surface area contributed by atoms with Gasteiger partial charge in [-0.05, 0) is 53.4 Å². The van der Waals surface area contributed by atoms with E-state index in [1.807, 2.05) is 49.3 Å². The van der Waals surface area contributed by atoms with Crippen LogP contribution in [0.5, 0.6) is 0 Å². The molecule has 0 aliphatic carbocycles. The van der Waals surface area contributed by atoms with Crippen molar-refractivity contribution >= 4 is 5.82 Å². The molecule has 0 saturated carbocycles. The van der Waals surface area contributed by atoms with E-state index in [2.05, 4.69) is 46.3 Å². The van der Waals surface area contributed by atoms with Crippen LogP contribution in [0.3, 0.4) is 0 Å². The molecule has 0 saturated heterocycles. The molecular formula is C24H24N4O2. The zero-order chi connectivity index (χ0) is 21.1. The summed E-state index contributed by atoms with van der Waals surface area (Å²) in [6, 6.07) is 18.3. The highest BCUT2D eigenvalue weighted by atomic mass is 16.5. The van der Waals surface area contributed by atoms with Crippen LogP contribution in [0.25, 0.3) is 34.0 Å². The number of methoxy groups -OCH3 is 1. The number of aryl methyl sites for hydroxylation is 1. The Morgan fingerprint density at radius 3 is 2.57 bits per heavy atom. The van der Waals surface area contributed by atoms with Crippen molar-refractivity contribution in [2.75, 3.05) is 26.1 Å². The van der Waals surface area contributed by atoms with Gasteiger partial charge in [-0.2, -0.15) is 4.98 Å². The zero-order valence-electron chi connectivity index (χ0n) is 17.6. The van der Waals surface area contributed by atoms with Gasteiger partial charge in [0.25, 0.3) is 5.89 Å². The van der Waals surface area contributed by atoms with E-state index in [-0.39, 0.29) is 0 Å². The van der Waals surface area contributed by atoms with Gasteiger partial charge in [0, 0.05) is 38.5 Å². The smallest absolute Gasteiger partial charge is 0.258 e. The molecule has 2 aromatic heterocycles. The van der Waals surface area contributed by atoms with Crippen LogP contribution >= 0.6 is 0 Å². The molecule has 0 N–H and O–H groups in total. The fourth-order valence-corrected chi connectivity index (χ4v) is 3.40. The van der Waals surface area contributed by atoms with Crippen LogP contribution in [0.4, 0.5) is 5.82 Å². The van der Waals surface area contributed by atoms with Crippen LogP contribution in [0.1, 0.15) is 11.1 Å². The van der Waals surface area contributed by atoms with E-state index in [1.54, 1.807) is 13.3 Å². The average molecular weight is 400 g/mol. The second kappa shape index (κ2) is 8.47. The summed E-state index contributed by atoms with van der Waals surface area (Å²) < 4.78 is 11.0. The van der Waals surface area contributed by atoms with Gasteiger partial charge < -0.3 is 14.2 Å². The summed E-state index contributed by atoms with van der Waals surface area (Å²) >= 11 is 0. The van der Waals surface area contributed by atoms with Gasteiger partial charge in [-0.15, -0.1) is 0 Å². The minimum absolute atomic E-state index is 0.474. The molecule has 0 spiro atoms. The van der Waals surface area contributed by atoms with E-state index in [0.29, 0.717) is 18.3 Å². The molecule has 0 aliphatic heterocycles. The third kappa shape index (κ3) is 3.95. The van der Waals surface area contributed by atoms with E-state index in [9.17, 15) is 0 Å². The normalized spacial score (nSPS) is 10.9. The predicted molar refractivity (Wildman–Crippen MR) is 118 cm³/mol. The summed E-state index contributed by atoms with van der Waals surface area (Å²) in [7, 11) is 5.59. The van der Waals surface area contributed by atoms with Crippen LogP contribution in [0.15, 0.2) is 65.3 Å². The first-order valence-electron chi connectivity index (χ1n) is 9.72. The molecule has 0 aliphatic rings. The highest BCUT2D eigenvalue weighted by Crippen LogP contribution is 2.31. The maximum atomic E-state index is 5.57. The van der Waals surface area contributed by atoms with Gasteiger partial charge in [0.2, 0.25) is 5.82 Å². The summed E-state index contributed by atoms with van der Waals surface area (Å²) in [5.74, 6) is 1.84. The fourth-order valence-electron chi connectivity index (χ4n) is 3.40. The molecule has 4 rings (SSSR count). The van der Waals surface area contributed by atoms with Gasteiger partial charge in [-0.3, -0.25) is 0 Å². The van der Waals surface area contributed by atoms with Gasteiger partial charge >= 0.3 is 0 Å². The Hall–Kier alpha value is -3.51. The van der Waals surface area contributed by atoms with Crippen molar-refractivity contribution in [1.82, 2.24) is 15.1 Å². The molecule has 30 heavy (non-hydrogen) atoms. The van der Waals surface area contributed by atoms with Crippen molar-refractivity contribution in [1.29, 1.82) is 0 Å². The quantitative estimate of drug-likeness (QED) is 0.454. The molecule has 4 aromatic rings. The minimum Gasteiger partial charge on any atom is -0.380 e. The Balaban J connectivity index is 1.71. The fraction of sp³-hybridized carbons (Fsp3) is 0.208. The zero-order valence-corrected chi connectivity index (χ0v) is 17.6. The van der Waals surface area contributed by atoms with Crippen molar-refractivity contribution in [2.45, 2.75) is 13.5 Å². The van der Waals surface area contributed by atoms with Gasteiger partial charge in [0.05, 0.1) is 6.61 Å². The molecule has 2 aromatic carbocycles. The second-order valence-electron chi connectivity index (χ2n) is 7.34. The molecule has 152 valence electrons. The van der Waals surface area contributed by atoms with Crippen molar-refractivity contribution in [3.05, 3.63) is 71.9 Å². The lowest BCUT2D eigenvalue weighted by Gasteiger charge is -2.12. The minimum atomic E-state index is 0.474. The maximum absolute atomic E-state index is 5.57. The molecule has 0 bridgehead atoms. The van der Waals surface area contributed by atoms with Crippen molar-refractivity contribution in [2.24, 2.45) is 0 Å². The number of nitrogens with zero attached hydrogens (tertiary/aromatic N) is 4. The molecule has 6 nitrogen and oxygen atoms in total. The third-order valence-corrected chi connectivity index (χ3v) is 4.98. The van der Waals surface area contributed by atoms with Crippen LogP contribution in [0, 0.1) is 6.92 Å². The number of anilines is 1. The van der Waals surface area contributed by atoms with E-state index in [4.69, 9.17) is 9.26 Å². The number of hydrogen-bond donors (Lipinski definition) is 0. The monoisotopic (exact) mass is 400 g/mol. The topological polar surface area (TPSA) is 64.3 Å². The predicted octanol–water partition coefficient (Wildman–Crippen LogP) is 4.99. The first-order valence-corrected chi connectivity index (χ1v) is 9.72.